The lowest BCUT2D eigenvalue weighted by molar-refractivity contribution is -0.114. The van der Waals surface area contributed by atoms with E-state index in [1.807, 2.05) is 18.2 Å². The minimum absolute atomic E-state index is 0.141. The van der Waals surface area contributed by atoms with E-state index in [4.69, 9.17) is 14.2 Å². The van der Waals surface area contributed by atoms with Crippen molar-refractivity contribution in [1.82, 2.24) is 10.2 Å². The van der Waals surface area contributed by atoms with Crippen LogP contribution in [-0.4, -0.2) is 43.5 Å². The predicted octanol–water partition coefficient (Wildman–Crippen LogP) is 2.95. The number of aromatic amines is 1. The molecule has 1 fully saturated rings. The first kappa shape index (κ1) is 17.3. The van der Waals surface area contributed by atoms with Crippen LogP contribution in [0.5, 0.6) is 11.5 Å². The first-order valence-electron chi connectivity index (χ1n) is 8.30. The molecule has 1 aromatic carbocycles. The Morgan fingerprint density at radius 2 is 2.04 bits per heavy atom. The topological polar surface area (TPSA) is 85.5 Å². The molecule has 1 aliphatic heterocycles. The number of hydrogen-bond acceptors (Lipinski definition) is 5. The highest BCUT2D eigenvalue weighted by molar-refractivity contribution is 5.95. The van der Waals surface area contributed by atoms with Crippen molar-refractivity contribution in [3.05, 3.63) is 23.9 Å². The summed E-state index contributed by atoms with van der Waals surface area (Å²) in [6.45, 7) is 2.91. The molecular weight excluding hydrogens is 322 g/mol. The summed E-state index contributed by atoms with van der Waals surface area (Å²) >= 11 is 0. The van der Waals surface area contributed by atoms with Gasteiger partial charge in [0.25, 0.3) is 0 Å². The minimum atomic E-state index is -0.141. The molecule has 1 saturated heterocycles. The van der Waals surface area contributed by atoms with Gasteiger partial charge in [-0.05, 0) is 31.0 Å². The van der Waals surface area contributed by atoms with E-state index in [0.717, 1.165) is 24.1 Å². The van der Waals surface area contributed by atoms with Crippen LogP contribution in [0.25, 0.3) is 11.3 Å². The first-order valence-corrected chi connectivity index (χ1v) is 8.30. The number of benzene rings is 1. The molecule has 0 spiro atoms. The van der Waals surface area contributed by atoms with Crippen LogP contribution in [0.1, 0.15) is 31.4 Å². The van der Waals surface area contributed by atoms with Gasteiger partial charge < -0.3 is 19.5 Å². The molecular formula is C18H23N3O4. The summed E-state index contributed by atoms with van der Waals surface area (Å²) in [6, 6.07) is 5.51. The van der Waals surface area contributed by atoms with Crippen LogP contribution in [0.3, 0.4) is 0 Å². The number of anilines is 1. The van der Waals surface area contributed by atoms with Crippen LogP contribution in [0, 0.1) is 0 Å². The fourth-order valence-corrected chi connectivity index (χ4v) is 3.13. The Kier molecular flexibility index (Phi) is 5.23. The molecule has 0 atom stereocenters. The Balaban J connectivity index is 2.09. The van der Waals surface area contributed by atoms with Crippen molar-refractivity contribution < 1.29 is 19.0 Å². The average molecular weight is 345 g/mol. The van der Waals surface area contributed by atoms with Gasteiger partial charge in [0.05, 0.1) is 25.6 Å². The van der Waals surface area contributed by atoms with E-state index in [9.17, 15) is 4.79 Å². The van der Waals surface area contributed by atoms with Crippen molar-refractivity contribution in [2.75, 3.05) is 32.8 Å². The summed E-state index contributed by atoms with van der Waals surface area (Å²) in [7, 11) is 3.22. The number of ether oxygens (including phenoxy) is 3. The standard InChI is InChI=1S/C18H23N3O4/c1-11(22)19-18-16(12-6-8-25-9-7-12)20-21-17(18)14-10-13(23-2)4-5-15(14)24-3/h4-5,10,12H,6-9H2,1-3H3,(H,19,22)(H,20,21). The van der Waals surface area contributed by atoms with Crippen molar-refractivity contribution in [3.8, 4) is 22.8 Å². The molecule has 3 rings (SSSR count). The van der Waals surface area contributed by atoms with E-state index >= 15 is 0 Å². The van der Waals surface area contributed by atoms with Crippen LogP contribution in [0.4, 0.5) is 5.69 Å². The van der Waals surface area contributed by atoms with Gasteiger partial charge in [-0.3, -0.25) is 9.89 Å². The van der Waals surface area contributed by atoms with Crippen LogP contribution in [0.15, 0.2) is 18.2 Å². The largest absolute Gasteiger partial charge is 0.497 e. The highest BCUT2D eigenvalue weighted by Crippen LogP contribution is 2.41. The summed E-state index contributed by atoms with van der Waals surface area (Å²) in [5, 5.41) is 10.5. The predicted molar refractivity (Wildman–Crippen MR) is 94.2 cm³/mol. The Labute approximate surface area is 146 Å². The highest BCUT2D eigenvalue weighted by atomic mass is 16.5. The molecule has 25 heavy (non-hydrogen) atoms. The van der Waals surface area contributed by atoms with E-state index in [-0.39, 0.29) is 11.8 Å². The van der Waals surface area contributed by atoms with Gasteiger partial charge in [-0.25, -0.2) is 0 Å². The zero-order valence-electron chi connectivity index (χ0n) is 14.7. The third kappa shape index (κ3) is 3.61. The lowest BCUT2D eigenvalue weighted by Crippen LogP contribution is -2.17. The molecule has 2 heterocycles. The van der Waals surface area contributed by atoms with Gasteiger partial charge in [0, 0.05) is 31.6 Å². The SMILES string of the molecule is COc1ccc(OC)c(-c2n[nH]c(C3CCOCC3)c2NC(C)=O)c1. The second-order valence-electron chi connectivity index (χ2n) is 5.99. The van der Waals surface area contributed by atoms with Crippen molar-refractivity contribution in [1.29, 1.82) is 0 Å². The average Bonchev–Trinajstić information content (AvgIpc) is 3.04. The van der Waals surface area contributed by atoms with Crippen molar-refractivity contribution in [2.24, 2.45) is 0 Å². The Bertz CT molecular complexity index is 751. The third-order valence-corrected chi connectivity index (χ3v) is 4.39. The van der Waals surface area contributed by atoms with Crippen molar-refractivity contribution >= 4 is 11.6 Å². The molecule has 0 radical (unpaired) electrons. The van der Waals surface area contributed by atoms with Gasteiger partial charge in [-0.2, -0.15) is 5.10 Å². The van der Waals surface area contributed by atoms with Crippen LogP contribution >= 0.6 is 0 Å². The van der Waals surface area contributed by atoms with Crippen molar-refractivity contribution in [3.63, 3.8) is 0 Å². The second kappa shape index (κ2) is 7.57. The molecule has 1 amide bonds. The fourth-order valence-electron chi connectivity index (χ4n) is 3.13. The maximum atomic E-state index is 11.8. The number of carbonyl (C=O) groups excluding carboxylic acids is 1. The Hall–Kier alpha value is -2.54. The van der Waals surface area contributed by atoms with Gasteiger partial charge >= 0.3 is 0 Å². The normalized spacial score (nSPS) is 15.0. The lowest BCUT2D eigenvalue weighted by Gasteiger charge is -2.22. The monoisotopic (exact) mass is 345 g/mol. The Morgan fingerprint density at radius 1 is 1.28 bits per heavy atom. The molecule has 1 aromatic heterocycles. The second-order valence-corrected chi connectivity index (χ2v) is 5.99. The summed E-state index contributed by atoms with van der Waals surface area (Å²) in [5.74, 6) is 1.49. The zero-order chi connectivity index (χ0) is 17.8. The van der Waals surface area contributed by atoms with Crippen molar-refractivity contribution in [2.45, 2.75) is 25.7 Å². The van der Waals surface area contributed by atoms with Gasteiger partial charge in [-0.15, -0.1) is 0 Å². The molecule has 7 nitrogen and oxygen atoms in total. The molecule has 1 aliphatic rings. The molecule has 0 bridgehead atoms. The number of aromatic nitrogens is 2. The number of carbonyl (C=O) groups is 1. The summed E-state index contributed by atoms with van der Waals surface area (Å²) in [5.41, 5.74) is 3.04. The highest BCUT2D eigenvalue weighted by Gasteiger charge is 2.26. The number of amides is 1. The molecule has 2 aromatic rings. The van der Waals surface area contributed by atoms with Crippen LogP contribution in [0.2, 0.25) is 0 Å². The first-order chi connectivity index (χ1) is 12.1. The number of H-pyrrole nitrogens is 1. The number of hydrogen-bond donors (Lipinski definition) is 2. The van der Waals surface area contributed by atoms with Crippen LogP contribution in [-0.2, 0) is 9.53 Å². The molecule has 0 saturated carbocycles. The minimum Gasteiger partial charge on any atom is -0.497 e. The smallest absolute Gasteiger partial charge is 0.221 e. The number of methoxy groups -OCH3 is 2. The van der Waals surface area contributed by atoms with E-state index < -0.39 is 0 Å². The maximum absolute atomic E-state index is 11.8. The van der Waals surface area contributed by atoms with Gasteiger partial charge in [-0.1, -0.05) is 0 Å². The quantitative estimate of drug-likeness (QED) is 0.870. The molecule has 134 valence electrons. The third-order valence-electron chi connectivity index (χ3n) is 4.39. The summed E-state index contributed by atoms with van der Waals surface area (Å²) < 4.78 is 16.2. The maximum Gasteiger partial charge on any atom is 0.221 e. The van der Waals surface area contributed by atoms with E-state index in [1.54, 1.807) is 14.2 Å². The van der Waals surface area contributed by atoms with Gasteiger partial charge in [0.1, 0.15) is 17.2 Å². The number of nitrogens with one attached hydrogen (secondary N) is 2. The van der Waals surface area contributed by atoms with Gasteiger partial charge in [0.15, 0.2) is 0 Å². The molecule has 0 unspecified atom stereocenters. The van der Waals surface area contributed by atoms with E-state index in [1.165, 1.54) is 6.92 Å². The molecule has 7 heteroatoms. The summed E-state index contributed by atoms with van der Waals surface area (Å²) in [6.07, 6.45) is 1.78. The van der Waals surface area contributed by atoms with Crippen LogP contribution < -0.4 is 14.8 Å². The summed E-state index contributed by atoms with van der Waals surface area (Å²) in [4.78, 5) is 11.8. The van der Waals surface area contributed by atoms with Gasteiger partial charge in [0.2, 0.25) is 5.91 Å². The lowest BCUT2D eigenvalue weighted by atomic mass is 9.94. The molecule has 2 N–H and O–H groups in total. The fraction of sp³-hybridized carbons (Fsp3) is 0.444. The molecule has 0 aliphatic carbocycles. The Morgan fingerprint density at radius 3 is 2.68 bits per heavy atom. The number of nitrogens with zero attached hydrogens (tertiary/aromatic N) is 1. The number of rotatable bonds is 5. The zero-order valence-corrected chi connectivity index (χ0v) is 14.7. The van der Waals surface area contributed by atoms with E-state index in [2.05, 4.69) is 15.5 Å². The van der Waals surface area contributed by atoms with E-state index in [0.29, 0.717) is 36.1 Å².